The Bertz CT molecular complexity index is 1150. The van der Waals surface area contributed by atoms with Crippen molar-refractivity contribution in [3.8, 4) is 5.88 Å². The first-order valence-electron chi connectivity index (χ1n) is 12.6. The predicted molar refractivity (Wildman–Crippen MR) is 140 cm³/mol. The van der Waals surface area contributed by atoms with E-state index in [9.17, 15) is 18.8 Å². The Kier molecular flexibility index (Phi) is 9.48. The number of ether oxygens (including phenoxy) is 2. The van der Waals surface area contributed by atoms with Gasteiger partial charge in [0.15, 0.2) is 5.56 Å². The van der Waals surface area contributed by atoms with Crippen molar-refractivity contribution in [2.24, 2.45) is 0 Å². The first-order valence-corrected chi connectivity index (χ1v) is 13.4. The van der Waals surface area contributed by atoms with E-state index in [4.69, 9.17) is 9.47 Å². The van der Waals surface area contributed by atoms with Crippen LogP contribution in [-0.2, 0) is 11.3 Å². The maximum Gasteiger partial charge on any atom is 0.346 e. The maximum atomic E-state index is 14.2. The fourth-order valence-corrected chi connectivity index (χ4v) is 4.66. The lowest BCUT2D eigenvalue weighted by atomic mass is 10.1. The SMILES string of the molecule is COC(=O)c1c(OCc2ccc(F)c(C(=O)NC3CC3)c2)nsc1NC(=O)NCCCN1CCN(C)CC1. The number of aromatic nitrogens is 1. The van der Waals surface area contributed by atoms with Crippen LogP contribution in [0.1, 0.15) is 45.5 Å². The summed E-state index contributed by atoms with van der Waals surface area (Å²) >= 11 is 0.885. The Morgan fingerprint density at radius 2 is 1.95 bits per heavy atom. The van der Waals surface area contributed by atoms with E-state index in [0.29, 0.717) is 12.1 Å². The summed E-state index contributed by atoms with van der Waals surface area (Å²) in [5.74, 6) is -1.85. The van der Waals surface area contributed by atoms with Crippen molar-refractivity contribution in [1.82, 2.24) is 24.8 Å². The third-order valence-electron chi connectivity index (χ3n) is 6.37. The zero-order valence-electron chi connectivity index (χ0n) is 21.5. The number of halogens is 1. The summed E-state index contributed by atoms with van der Waals surface area (Å²) in [6, 6.07) is 3.73. The van der Waals surface area contributed by atoms with Gasteiger partial charge >= 0.3 is 12.0 Å². The van der Waals surface area contributed by atoms with Crippen molar-refractivity contribution >= 4 is 34.4 Å². The van der Waals surface area contributed by atoms with E-state index >= 15 is 0 Å². The molecule has 1 aromatic carbocycles. The van der Waals surface area contributed by atoms with E-state index < -0.39 is 23.7 Å². The number of carbonyl (C=O) groups excluding carboxylic acids is 3. The van der Waals surface area contributed by atoms with Crippen LogP contribution in [0.15, 0.2) is 18.2 Å². The molecule has 2 heterocycles. The Morgan fingerprint density at radius 3 is 2.66 bits per heavy atom. The average molecular weight is 549 g/mol. The molecule has 2 fully saturated rings. The first kappa shape index (κ1) is 27.7. The van der Waals surface area contributed by atoms with Gasteiger partial charge in [-0.25, -0.2) is 14.0 Å². The van der Waals surface area contributed by atoms with Gasteiger partial charge in [-0.2, -0.15) is 4.37 Å². The minimum Gasteiger partial charge on any atom is -0.472 e. The lowest BCUT2D eigenvalue weighted by Gasteiger charge is -2.32. The molecular weight excluding hydrogens is 515 g/mol. The second-order valence-corrected chi connectivity index (χ2v) is 10.2. The van der Waals surface area contributed by atoms with Gasteiger partial charge in [-0.1, -0.05) is 6.07 Å². The molecule has 1 aliphatic carbocycles. The highest BCUT2D eigenvalue weighted by Gasteiger charge is 2.26. The summed E-state index contributed by atoms with van der Waals surface area (Å²) in [7, 11) is 3.33. The van der Waals surface area contributed by atoms with Gasteiger partial charge in [0, 0.05) is 38.8 Å². The minimum atomic E-state index is -0.720. The zero-order valence-corrected chi connectivity index (χ0v) is 22.4. The molecule has 0 bridgehead atoms. The van der Waals surface area contributed by atoms with Crippen LogP contribution in [0.4, 0.5) is 14.2 Å². The Hall–Kier alpha value is -3.29. The molecule has 3 amide bonds. The molecular formula is C25H33FN6O5S. The van der Waals surface area contributed by atoms with Crippen molar-refractivity contribution in [3.63, 3.8) is 0 Å². The molecule has 1 aromatic heterocycles. The van der Waals surface area contributed by atoms with E-state index in [1.54, 1.807) is 0 Å². The Balaban J connectivity index is 1.31. The van der Waals surface area contributed by atoms with E-state index in [-0.39, 0.29) is 34.7 Å². The predicted octanol–water partition coefficient (Wildman–Crippen LogP) is 2.30. The number of piperazine rings is 1. The molecule has 0 atom stereocenters. The molecule has 0 unspecified atom stereocenters. The topological polar surface area (TPSA) is 125 Å². The molecule has 3 N–H and O–H groups in total. The molecule has 0 radical (unpaired) electrons. The number of amides is 3. The van der Waals surface area contributed by atoms with Crippen LogP contribution in [0.2, 0.25) is 0 Å². The number of nitrogens with zero attached hydrogens (tertiary/aromatic N) is 3. The van der Waals surface area contributed by atoms with E-state index in [1.807, 2.05) is 0 Å². The number of carbonyl (C=O) groups is 3. The average Bonchev–Trinajstić information content (AvgIpc) is 3.64. The summed E-state index contributed by atoms with van der Waals surface area (Å²) in [5.41, 5.74) is 0.429. The third kappa shape index (κ3) is 7.62. The number of methoxy groups -OCH3 is 1. The molecule has 11 nitrogen and oxygen atoms in total. The number of benzene rings is 1. The number of anilines is 1. The van der Waals surface area contributed by atoms with Crippen LogP contribution in [0, 0.1) is 5.82 Å². The summed E-state index contributed by atoms with van der Waals surface area (Å²) in [6.45, 7) is 5.41. The van der Waals surface area contributed by atoms with Crippen molar-refractivity contribution in [2.75, 3.05) is 58.7 Å². The lowest BCUT2D eigenvalue weighted by Crippen LogP contribution is -2.45. The number of rotatable bonds is 11. The van der Waals surface area contributed by atoms with Gasteiger partial charge in [-0.3, -0.25) is 10.1 Å². The van der Waals surface area contributed by atoms with Crippen LogP contribution in [0.3, 0.4) is 0 Å². The second kappa shape index (κ2) is 13.0. The van der Waals surface area contributed by atoms with Crippen molar-refractivity contribution in [1.29, 1.82) is 0 Å². The van der Waals surface area contributed by atoms with Gasteiger partial charge in [0.25, 0.3) is 5.91 Å². The highest BCUT2D eigenvalue weighted by atomic mass is 32.1. The van der Waals surface area contributed by atoms with Crippen LogP contribution in [-0.4, -0.2) is 91.5 Å². The van der Waals surface area contributed by atoms with Gasteiger partial charge in [-0.05, 0) is 62.1 Å². The summed E-state index contributed by atoms with van der Waals surface area (Å²) in [4.78, 5) is 41.8. The fraction of sp³-hybridized carbons (Fsp3) is 0.520. The van der Waals surface area contributed by atoms with Crippen molar-refractivity contribution in [3.05, 3.63) is 40.7 Å². The smallest absolute Gasteiger partial charge is 0.346 e. The van der Waals surface area contributed by atoms with Crippen LogP contribution in [0.25, 0.3) is 0 Å². The molecule has 38 heavy (non-hydrogen) atoms. The summed E-state index contributed by atoms with van der Waals surface area (Å²) in [5, 5.41) is 8.39. The van der Waals surface area contributed by atoms with Gasteiger partial charge in [0.05, 0.1) is 12.7 Å². The van der Waals surface area contributed by atoms with Gasteiger partial charge in [0.1, 0.15) is 17.4 Å². The van der Waals surface area contributed by atoms with Gasteiger partial charge in [0.2, 0.25) is 5.88 Å². The maximum absolute atomic E-state index is 14.2. The fourth-order valence-electron chi connectivity index (χ4n) is 3.94. The number of hydrogen-bond donors (Lipinski definition) is 3. The molecule has 13 heteroatoms. The molecule has 1 aliphatic heterocycles. The number of likely N-dealkylation sites (N-methyl/N-ethyl adjacent to an activating group) is 1. The number of nitrogens with one attached hydrogen (secondary N) is 3. The van der Waals surface area contributed by atoms with Gasteiger partial charge < -0.3 is 29.9 Å². The van der Waals surface area contributed by atoms with Gasteiger partial charge in [-0.15, -0.1) is 0 Å². The van der Waals surface area contributed by atoms with Crippen LogP contribution in [0.5, 0.6) is 5.88 Å². The normalized spacial score (nSPS) is 16.1. The van der Waals surface area contributed by atoms with Crippen molar-refractivity contribution in [2.45, 2.75) is 31.9 Å². The van der Waals surface area contributed by atoms with Crippen molar-refractivity contribution < 1.29 is 28.2 Å². The molecule has 2 aromatic rings. The van der Waals surface area contributed by atoms with E-state index in [0.717, 1.165) is 63.5 Å². The largest absolute Gasteiger partial charge is 0.472 e. The monoisotopic (exact) mass is 548 g/mol. The van der Waals surface area contributed by atoms with E-state index in [1.165, 1.54) is 25.3 Å². The molecule has 2 aliphatic rings. The molecule has 1 saturated heterocycles. The summed E-state index contributed by atoms with van der Waals surface area (Å²) < 4.78 is 28.9. The summed E-state index contributed by atoms with van der Waals surface area (Å²) in [6.07, 6.45) is 2.58. The Morgan fingerprint density at radius 1 is 1.18 bits per heavy atom. The zero-order chi connectivity index (χ0) is 27.1. The quantitative estimate of drug-likeness (QED) is 0.289. The number of esters is 1. The lowest BCUT2D eigenvalue weighted by molar-refractivity contribution is 0.0596. The van der Waals surface area contributed by atoms with Crippen LogP contribution < -0.4 is 20.7 Å². The third-order valence-corrected chi connectivity index (χ3v) is 7.12. The van der Waals surface area contributed by atoms with Crippen LogP contribution >= 0.6 is 11.5 Å². The first-order chi connectivity index (χ1) is 18.3. The van der Waals surface area contributed by atoms with E-state index in [2.05, 4.69) is 37.2 Å². The second-order valence-electron chi connectivity index (χ2n) is 9.41. The standard InChI is InChI=1S/C25H33FN6O5S/c1-31-10-12-32(13-11-31)9-3-8-27-25(35)29-23-20(24(34)36-2)22(30-38-23)37-15-16-4-7-19(26)18(14-16)21(33)28-17-5-6-17/h4,7,14,17H,3,5-6,8-13,15H2,1-2H3,(H,28,33)(H2,27,29,35). The molecule has 0 spiro atoms. The molecule has 1 saturated carbocycles. The highest BCUT2D eigenvalue weighted by molar-refractivity contribution is 7.11. The molecule has 4 rings (SSSR count). The highest BCUT2D eigenvalue weighted by Crippen LogP contribution is 2.32. The number of hydrogen-bond acceptors (Lipinski definition) is 9. The number of urea groups is 1. The Labute approximate surface area is 224 Å². The minimum absolute atomic E-state index is 0.0149. The molecule has 206 valence electrons.